The maximum atomic E-state index is 11.7. The van der Waals surface area contributed by atoms with Gasteiger partial charge in [0.05, 0.1) is 6.54 Å². The highest BCUT2D eigenvalue weighted by Crippen LogP contribution is 2.16. The predicted molar refractivity (Wildman–Crippen MR) is 64.1 cm³/mol. The number of ether oxygens (including phenoxy) is 1. The van der Waals surface area contributed by atoms with Crippen molar-refractivity contribution < 1.29 is 9.53 Å². The topological polar surface area (TPSA) is 55.6 Å². The molecule has 1 rings (SSSR count). The standard InChI is InChI=1S/C12H24N2O2/c1-12(2,3)16-11(15)9-14-7-5-4-6-10(14)8-13/h10H,4-9,13H2,1-3H3. The minimum Gasteiger partial charge on any atom is -0.459 e. The van der Waals surface area contributed by atoms with E-state index in [0.717, 1.165) is 19.4 Å². The Morgan fingerprint density at radius 1 is 1.44 bits per heavy atom. The number of rotatable bonds is 3. The molecule has 0 bridgehead atoms. The Labute approximate surface area is 98.1 Å². The van der Waals surface area contributed by atoms with Gasteiger partial charge in [-0.25, -0.2) is 0 Å². The summed E-state index contributed by atoms with van der Waals surface area (Å²) in [5.41, 5.74) is 5.31. The molecule has 1 heterocycles. The molecule has 94 valence electrons. The van der Waals surface area contributed by atoms with Crippen LogP contribution < -0.4 is 5.73 Å². The zero-order chi connectivity index (χ0) is 12.2. The molecule has 0 aromatic carbocycles. The van der Waals surface area contributed by atoms with E-state index in [9.17, 15) is 4.79 Å². The molecule has 1 fully saturated rings. The third kappa shape index (κ3) is 4.49. The monoisotopic (exact) mass is 228 g/mol. The molecular formula is C12H24N2O2. The van der Waals surface area contributed by atoms with E-state index in [-0.39, 0.29) is 5.97 Å². The fourth-order valence-corrected chi connectivity index (χ4v) is 2.07. The van der Waals surface area contributed by atoms with E-state index in [1.54, 1.807) is 0 Å². The lowest BCUT2D eigenvalue weighted by Gasteiger charge is -2.34. The highest BCUT2D eigenvalue weighted by Gasteiger charge is 2.25. The normalized spacial score (nSPS) is 23.1. The van der Waals surface area contributed by atoms with Crippen LogP contribution in [0.25, 0.3) is 0 Å². The van der Waals surface area contributed by atoms with Gasteiger partial charge in [-0.3, -0.25) is 9.69 Å². The number of nitrogens with two attached hydrogens (primary N) is 1. The van der Waals surface area contributed by atoms with Gasteiger partial charge in [0.1, 0.15) is 5.60 Å². The number of piperidine rings is 1. The minimum atomic E-state index is -0.398. The van der Waals surface area contributed by atoms with Crippen LogP contribution in [0.3, 0.4) is 0 Å². The first-order valence-electron chi connectivity index (χ1n) is 6.08. The summed E-state index contributed by atoms with van der Waals surface area (Å²) >= 11 is 0. The van der Waals surface area contributed by atoms with Crippen LogP contribution in [0.15, 0.2) is 0 Å². The number of carbonyl (C=O) groups excluding carboxylic acids is 1. The second-order valence-corrected chi connectivity index (χ2v) is 5.44. The van der Waals surface area contributed by atoms with Crippen LogP contribution in [-0.2, 0) is 9.53 Å². The number of hydrogen-bond donors (Lipinski definition) is 1. The third-order valence-electron chi connectivity index (χ3n) is 2.77. The molecule has 2 N–H and O–H groups in total. The summed E-state index contributed by atoms with van der Waals surface area (Å²) in [5, 5.41) is 0. The van der Waals surface area contributed by atoms with Crippen molar-refractivity contribution in [3.05, 3.63) is 0 Å². The summed E-state index contributed by atoms with van der Waals surface area (Å²) in [6.07, 6.45) is 3.46. The maximum absolute atomic E-state index is 11.7. The van der Waals surface area contributed by atoms with Gasteiger partial charge in [-0.05, 0) is 40.2 Å². The number of hydrogen-bond acceptors (Lipinski definition) is 4. The lowest BCUT2D eigenvalue weighted by atomic mass is 10.0. The summed E-state index contributed by atoms with van der Waals surface area (Å²) in [6.45, 7) is 7.63. The van der Waals surface area contributed by atoms with Crippen molar-refractivity contribution in [2.45, 2.75) is 51.7 Å². The van der Waals surface area contributed by atoms with E-state index < -0.39 is 5.60 Å². The smallest absolute Gasteiger partial charge is 0.320 e. The number of likely N-dealkylation sites (tertiary alicyclic amines) is 1. The molecule has 0 spiro atoms. The first-order chi connectivity index (χ1) is 7.42. The fourth-order valence-electron chi connectivity index (χ4n) is 2.07. The van der Waals surface area contributed by atoms with Gasteiger partial charge in [0.15, 0.2) is 0 Å². The van der Waals surface area contributed by atoms with Crippen LogP contribution in [0.2, 0.25) is 0 Å². The molecule has 0 aliphatic carbocycles. The van der Waals surface area contributed by atoms with Crippen molar-refractivity contribution in [2.75, 3.05) is 19.6 Å². The van der Waals surface area contributed by atoms with Gasteiger partial charge in [0.2, 0.25) is 0 Å². The average Bonchev–Trinajstić information content (AvgIpc) is 2.15. The summed E-state index contributed by atoms with van der Waals surface area (Å²) in [6, 6.07) is 0.348. The van der Waals surface area contributed by atoms with E-state index in [4.69, 9.17) is 10.5 Å². The molecule has 0 amide bonds. The summed E-state index contributed by atoms with van der Waals surface area (Å²) in [7, 11) is 0. The zero-order valence-electron chi connectivity index (χ0n) is 10.7. The van der Waals surface area contributed by atoms with Gasteiger partial charge in [-0.15, -0.1) is 0 Å². The lowest BCUT2D eigenvalue weighted by Crippen LogP contribution is -2.47. The Bertz CT molecular complexity index is 236. The largest absolute Gasteiger partial charge is 0.459 e. The molecule has 1 atom stereocenters. The van der Waals surface area contributed by atoms with Gasteiger partial charge in [-0.1, -0.05) is 6.42 Å². The lowest BCUT2D eigenvalue weighted by molar-refractivity contribution is -0.157. The van der Waals surface area contributed by atoms with E-state index in [0.29, 0.717) is 19.1 Å². The molecule has 4 nitrogen and oxygen atoms in total. The Hall–Kier alpha value is -0.610. The minimum absolute atomic E-state index is 0.146. The molecule has 1 saturated heterocycles. The van der Waals surface area contributed by atoms with Gasteiger partial charge in [0, 0.05) is 12.6 Å². The van der Waals surface area contributed by atoms with Crippen LogP contribution in [0.4, 0.5) is 0 Å². The van der Waals surface area contributed by atoms with Crippen LogP contribution >= 0.6 is 0 Å². The predicted octanol–water partition coefficient (Wildman–Crippen LogP) is 1.14. The second-order valence-electron chi connectivity index (χ2n) is 5.44. The van der Waals surface area contributed by atoms with Crippen molar-refractivity contribution in [1.82, 2.24) is 4.90 Å². The van der Waals surface area contributed by atoms with Crippen molar-refractivity contribution in [3.63, 3.8) is 0 Å². The molecule has 1 aliphatic rings. The van der Waals surface area contributed by atoms with Crippen molar-refractivity contribution >= 4 is 5.97 Å². The van der Waals surface area contributed by atoms with Gasteiger partial charge < -0.3 is 10.5 Å². The highest BCUT2D eigenvalue weighted by molar-refractivity contribution is 5.72. The first-order valence-corrected chi connectivity index (χ1v) is 6.08. The van der Waals surface area contributed by atoms with Crippen LogP contribution in [0.1, 0.15) is 40.0 Å². The zero-order valence-corrected chi connectivity index (χ0v) is 10.7. The molecule has 0 aromatic heterocycles. The molecule has 0 aromatic rings. The quantitative estimate of drug-likeness (QED) is 0.736. The van der Waals surface area contributed by atoms with Crippen LogP contribution in [0.5, 0.6) is 0 Å². The van der Waals surface area contributed by atoms with Crippen molar-refractivity contribution in [2.24, 2.45) is 5.73 Å². The van der Waals surface area contributed by atoms with E-state index in [1.807, 2.05) is 20.8 Å². The number of nitrogens with zero attached hydrogens (tertiary/aromatic N) is 1. The molecular weight excluding hydrogens is 204 g/mol. The van der Waals surface area contributed by atoms with Crippen molar-refractivity contribution in [3.8, 4) is 0 Å². The average molecular weight is 228 g/mol. The van der Waals surface area contributed by atoms with E-state index in [1.165, 1.54) is 6.42 Å². The van der Waals surface area contributed by atoms with Gasteiger partial charge in [-0.2, -0.15) is 0 Å². The Balaban J connectivity index is 2.42. The Morgan fingerprint density at radius 3 is 2.69 bits per heavy atom. The van der Waals surface area contributed by atoms with Crippen LogP contribution in [0, 0.1) is 0 Å². The molecule has 4 heteroatoms. The summed E-state index contributed by atoms with van der Waals surface area (Å²) < 4.78 is 5.31. The maximum Gasteiger partial charge on any atom is 0.320 e. The SMILES string of the molecule is CC(C)(C)OC(=O)CN1CCCCC1CN. The Kier molecular flexibility index (Phi) is 4.74. The Morgan fingerprint density at radius 2 is 2.12 bits per heavy atom. The van der Waals surface area contributed by atoms with Crippen molar-refractivity contribution in [1.29, 1.82) is 0 Å². The fraction of sp³-hybridized carbons (Fsp3) is 0.917. The first kappa shape index (κ1) is 13.5. The molecule has 0 saturated carbocycles. The molecule has 1 unspecified atom stereocenters. The second kappa shape index (κ2) is 5.64. The van der Waals surface area contributed by atoms with Gasteiger partial charge in [0.25, 0.3) is 0 Å². The number of esters is 1. The summed E-state index contributed by atoms with van der Waals surface area (Å²) in [4.78, 5) is 13.8. The van der Waals surface area contributed by atoms with E-state index >= 15 is 0 Å². The molecule has 0 radical (unpaired) electrons. The number of carbonyl (C=O) groups is 1. The highest BCUT2D eigenvalue weighted by atomic mass is 16.6. The molecule has 16 heavy (non-hydrogen) atoms. The third-order valence-corrected chi connectivity index (χ3v) is 2.77. The summed E-state index contributed by atoms with van der Waals surface area (Å²) in [5.74, 6) is -0.146. The van der Waals surface area contributed by atoms with Crippen LogP contribution in [-0.4, -0.2) is 42.1 Å². The molecule has 1 aliphatic heterocycles. The van der Waals surface area contributed by atoms with E-state index in [2.05, 4.69) is 4.90 Å². The van der Waals surface area contributed by atoms with Gasteiger partial charge >= 0.3 is 5.97 Å².